The summed E-state index contributed by atoms with van der Waals surface area (Å²) in [4.78, 5) is 29.3. The SMILES string of the molecule is O=C(Cc1cc2ccccc2[nH]c1=O)N1CCc2cccc(F)c2C1. The molecule has 0 aliphatic carbocycles. The van der Waals surface area contributed by atoms with Gasteiger partial charge in [-0.2, -0.15) is 0 Å². The molecular weight excluding hydrogens is 319 g/mol. The fraction of sp³-hybridized carbons (Fsp3) is 0.200. The second-order valence-corrected chi connectivity index (χ2v) is 6.33. The van der Waals surface area contributed by atoms with Gasteiger partial charge >= 0.3 is 0 Å². The van der Waals surface area contributed by atoms with Gasteiger partial charge in [0, 0.05) is 29.7 Å². The van der Waals surface area contributed by atoms with Gasteiger partial charge in [0.15, 0.2) is 0 Å². The normalized spacial score (nSPS) is 13.7. The Hall–Kier alpha value is -2.95. The number of halogens is 1. The lowest BCUT2D eigenvalue weighted by molar-refractivity contribution is -0.131. The highest BCUT2D eigenvalue weighted by atomic mass is 19.1. The first-order valence-corrected chi connectivity index (χ1v) is 8.27. The Labute approximate surface area is 143 Å². The topological polar surface area (TPSA) is 53.2 Å². The van der Waals surface area contributed by atoms with Crippen molar-refractivity contribution in [3.8, 4) is 0 Å². The van der Waals surface area contributed by atoms with Gasteiger partial charge in [-0.1, -0.05) is 30.3 Å². The summed E-state index contributed by atoms with van der Waals surface area (Å²) in [6.45, 7) is 0.799. The summed E-state index contributed by atoms with van der Waals surface area (Å²) in [5, 5.41) is 0.889. The lowest BCUT2D eigenvalue weighted by Crippen LogP contribution is -2.38. The lowest BCUT2D eigenvalue weighted by atomic mass is 9.98. The summed E-state index contributed by atoms with van der Waals surface area (Å²) in [7, 11) is 0. The molecule has 1 N–H and O–H groups in total. The van der Waals surface area contributed by atoms with Crippen LogP contribution in [-0.2, 0) is 24.2 Å². The quantitative estimate of drug-likeness (QED) is 0.782. The highest BCUT2D eigenvalue weighted by molar-refractivity contribution is 5.82. The molecule has 5 heteroatoms. The molecule has 4 nitrogen and oxygen atoms in total. The third-order valence-corrected chi connectivity index (χ3v) is 4.74. The van der Waals surface area contributed by atoms with Crippen LogP contribution in [-0.4, -0.2) is 22.3 Å². The molecule has 1 aliphatic rings. The van der Waals surface area contributed by atoms with Gasteiger partial charge in [0.2, 0.25) is 5.91 Å². The van der Waals surface area contributed by atoms with Gasteiger partial charge in [-0.3, -0.25) is 9.59 Å². The average Bonchev–Trinajstić information content (AvgIpc) is 2.62. The second-order valence-electron chi connectivity index (χ2n) is 6.33. The third kappa shape index (κ3) is 2.93. The van der Waals surface area contributed by atoms with Crippen LogP contribution in [0.5, 0.6) is 0 Å². The number of fused-ring (bicyclic) bond motifs is 2. The Morgan fingerprint density at radius 1 is 1.16 bits per heavy atom. The van der Waals surface area contributed by atoms with Crippen molar-refractivity contribution in [2.45, 2.75) is 19.4 Å². The van der Waals surface area contributed by atoms with E-state index in [4.69, 9.17) is 0 Å². The number of rotatable bonds is 2. The summed E-state index contributed by atoms with van der Waals surface area (Å²) in [6, 6.07) is 14.2. The molecule has 0 bridgehead atoms. The Morgan fingerprint density at radius 3 is 2.88 bits per heavy atom. The van der Waals surface area contributed by atoms with Gasteiger partial charge in [-0.05, 0) is 35.6 Å². The van der Waals surface area contributed by atoms with Crippen molar-refractivity contribution >= 4 is 16.8 Å². The van der Waals surface area contributed by atoms with E-state index in [1.807, 2.05) is 30.3 Å². The van der Waals surface area contributed by atoms with Crippen LogP contribution in [0.4, 0.5) is 4.39 Å². The average molecular weight is 336 g/mol. The number of nitrogens with zero attached hydrogens (tertiary/aromatic N) is 1. The van der Waals surface area contributed by atoms with E-state index < -0.39 is 0 Å². The zero-order valence-electron chi connectivity index (χ0n) is 13.6. The molecular formula is C20H17FN2O2. The maximum absolute atomic E-state index is 14.0. The minimum absolute atomic E-state index is 0.0178. The number of H-pyrrole nitrogens is 1. The first-order valence-electron chi connectivity index (χ1n) is 8.27. The number of carbonyl (C=O) groups excluding carboxylic acids is 1. The predicted molar refractivity (Wildman–Crippen MR) is 93.8 cm³/mol. The number of hydrogen-bond donors (Lipinski definition) is 1. The van der Waals surface area contributed by atoms with Gasteiger partial charge in [-0.15, -0.1) is 0 Å². The largest absolute Gasteiger partial charge is 0.338 e. The Balaban J connectivity index is 1.58. The number of hydrogen-bond acceptors (Lipinski definition) is 2. The molecule has 0 unspecified atom stereocenters. The van der Waals surface area contributed by atoms with Crippen molar-refractivity contribution in [1.29, 1.82) is 0 Å². The molecule has 25 heavy (non-hydrogen) atoms. The van der Waals surface area contributed by atoms with Crippen LogP contribution in [0.1, 0.15) is 16.7 Å². The predicted octanol–water partition coefficient (Wildman–Crippen LogP) is 2.79. The molecule has 4 rings (SSSR count). The minimum atomic E-state index is -0.279. The number of para-hydroxylation sites is 1. The number of aromatic nitrogens is 1. The number of nitrogens with one attached hydrogen (secondary N) is 1. The van der Waals surface area contributed by atoms with Crippen LogP contribution < -0.4 is 5.56 Å². The zero-order chi connectivity index (χ0) is 17.4. The third-order valence-electron chi connectivity index (χ3n) is 4.74. The maximum atomic E-state index is 14.0. The van der Waals surface area contributed by atoms with Gasteiger partial charge in [0.05, 0.1) is 6.42 Å². The van der Waals surface area contributed by atoms with E-state index in [1.165, 1.54) is 6.07 Å². The Bertz CT molecular complexity index is 1030. The number of aromatic amines is 1. The number of amides is 1. The number of carbonyl (C=O) groups is 1. The summed E-state index contributed by atoms with van der Waals surface area (Å²) >= 11 is 0. The van der Waals surface area contributed by atoms with Crippen molar-refractivity contribution < 1.29 is 9.18 Å². The van der Waals surface area contributed by atoms with Crippen molar-refractivity contribution in [3.63, 3.8) is 0 Å². The highest BCUT2D eigenvalue weighted by Crippen LogP contribution is 2.22. The summed E-state index contributed by atoms with van der Waals surface area (Å²) in [5.41, 5.74) is 2.46. The van der Waals surface area contributed by atoms with E-state index in [9.17, 15) is 14.0 Å². The number of benzene rings is 2. The molecule has 2 heterocycles. The molecule has 3 aromatic rings. The van der Waals surface area contributed by atoms with Gasteiger partial charge in [0.25, 0.3) is 5.56 Å². The van der Waals surface area contributed by atoms with Crippen molar-refractivity contribution in [1.82, 2.24) is 9.88 Å². The van der Waals surface area contributed by atoms with Crippen molar-refractivity contribution in [2.75, 3.05) is 6.54 Å². The van der Waals surface area contributed by atoms with E-state index in [2.05, 4.69) is 4.98 Å². The van der Waals surface area contributed by atoms with E-state index in [1.54, 1.807) is 17.0 Å². The van der Waals surface area contributed by atoms with Crippen LogP contribution in [0.25, 0.3) is 10.9 Å². The van der Waals surface area contributed by atoms with E-state index in [0.29, 0.717) is 24.1 Å². The van der Waals surface area contributed by atoms with E-state index in [0.717, 1.165) is 16.5 Å². The van der Waals surface area contributed by atoms with Crippen LogP contribution in [0.2, 0.25) is 0 Å². The molecule has 0 saturated carbocycles. The molecule has 0 spiro atoms. The molecule has 0 saturated heterocycles. The van der Waals surface area contributed by atoms with Crippen molar-refractivity contribution in [2.24, 2.45) is 0 Å². The number of pyridine rings is 1. The molecule has 2 aromatic carbocycles. The zero-order valence-corrected chi connectivity index (χ0v) is 13.6. The Morgan fingerprint density at radius 2 is 2.00 bits per heavy atom. The molecule has 1 aliphatic heterocycles. The lowest BCUT2D eigenvalue weighted by Gasteiger charge is -2.29. The van der Waals surface area contributed by atoms with Crippen LogP contribution >= 0.6 is 0 Å². The minimum Gasteiger partial charge on any atom is -0.338 e. The smallest absolute Gasteiger partial charge is 0.252 e. The second kappa shape index (κ2) is 6.16. The monoisotopic (exact) mass is 336 g/mol. The van der Waals surface area contributed by atoms with Crippen LogP contribution in [0.15, 0.2) is 53.3 Å². The Kier molecular flexibility index (Phi) is 3.84. The molecule has 0 fully saturated rings. The highest BCUT2D eigenvalue weighted by Gasteiger charge is 2.23. The molecule has 1 amide bonds. The first-order chi connectivity index (χ1) is 12.1. The maximum Gasteiger partial charge on any atom is 0.252 e. The summed E-state index contributed by atoms with van der Waals surface area (Å²) in [5.74, 6) is -0.437. The molecule has 1 aromatic heterocycles. The summed E-state index contributed by atoms with van der Waals surface area (Å²) in [6.07, 6.45) is 0.650. The van der Waals surface area contributed by atoms with Gasteiger partial charge in [-0.25, -0.2) is 4.39 Å². The molecule has 0 radical (unpaired) electrons. The van der Waals surface area contributed by atoms with Crippen LogP contribution in [0.3, 0.4) is 0 Å². The molecule has 126 valence electrons. The standard InChI is InChI=1S/C20H17FN2O2/c21-17-6-3-5-13-8-9-23(12-16(13)17)19(24)11-15-10-14-4-1-2-7-18(14)22-20(15)25/h1-7,10H,8-9,11-12H2,(H,22,25). The fourth-order valence-electron chi connectivity index (χ4n) is 3.35. The summed E-state index contributed by atoms with van der Waals surface area (Å²) < 4.78 is 14.0. The van der Waals surface area contributed by atoms with Crippen molar-refractivity contribution in [3.05, 3.63) is 81.4 Å². The van der Waals surface area contributed by atoms with E-state index in [-0.39, 0.29) is 30.2 Å². The van der Waals surface area contributed by atoms with E-state index >= 15 is 0 Å². The van der Waals surface area contributed by atoms with Gasteiger partial charge < -0.3 is 9.88 Å². The fourth-order valence-corrected chi connectivity index (χ4v) is 3.35. The van der Waals surface area contributed by atoms with Gasteiger partial charge in [0.1, 0.15) is 5.82 Å². The first kappa shape index (κ1) is 15.6. The molecule has 0 atom stereocenters. The van der Waals surface area contributed by atoms with Crippen LogP contribution in [0, 0.1) is 5.82 Å².